The molecular weight excluding hydrogens is 394 g/mol. The zero-order chi connectivity index (χ0) is 21.5. The molecule has 0 N–H and O–H groups in total. The Bertz CT molecular complexity index is 820. The molecule has 0 bridgehead atoms. The Kier molecular flexibility index (Phi) is 8.31. The number of thiophene rings is 1. The van der Waals surface area contributed by atoms with Crippen molar-refractivity contribution >= 4 is 17.2 Å². The third-order valence-corrected chi connectivity index (χ3v) is 6.83. The zero-order valence-corrected chi connectivity index (χ0v) is 19.6. The van der Waals surface area contributed by atoms with Gasteiger partial charge >= 0.3 is 0 Å². The number of piperidine rings is 1. The largest absolute Gasteiger partial charge is 0.496 e. The van der Waals surface area contributed by atoms with E-state index >= 15 is 0 Å². The minimum absolute atomic E-state index is 0.186. The summed E-state index contributed by atoms with van der Waals surface area (Å²) in [5, 5.41) is 2.02. The third-order valence-electron chi connectivity index (χ3n) is 5.83. The lowest BCUT2D eigenvalue weighted by atomic mass is 9.96. The van der Waals surface area contributed by atoms with E-state index in [2.05, 4.69) is 40.9 Å². The van der Waals surface area contributed by atoms with Gasteiger partial charge in [0, 0.05) is 38.3 Å². The quantitative estimate of drug-likeness (QED) is 0.604. The number of aryl methyl sites for hydroxylation is 1. The molecule has 164 valence electrons. The maximum Gasteiger partial charge on any atom is 0.264 e. The summed E-state index contributed by atoms with van der Waals surface area (Å²) in [4.78, 5) is 20.9. The summed E-state index contributed by atoms with van der Waals surface area (Å²) in [6.45, 7) is 7.53. The van der Waals surface area contributed by atoms with E-state index in [1.165, 1.54) is 18.4 Å². The molecule has 1 unspecified atom stereocenters. The summed E-state index contributed by atoms with van der Waals surface area (Å²) in [6, 6.07) is 10.3. The fourth-order valence-corrected chi connectivity index (χ4v) is 5.05. The Hall–Kier alpha value is -1.89. The van der Waals surface area contributed by atoms with Crippen LogP contribution in [0.2, 0.25) is 0 Å². The molecule has 3 rings (SSSR count). The number of carbonyl (C=O) groups is 1. The van der Waals surface area contributed by atoms with Gasteiger partial charge < -0.3 is 14.5 Å². The third kappa shape index (κ3) is 6.06. The van der Waals surface area contributed by atoms with Crippen molar-refractivity contribution in [1.82, 2.24) is 14.7 Å². The van der Waals surface area contributed by atoms with Gasteiger partial charge in [0.1, 0.15) is 5.75 Å². The molecule has 0 aliphatic carbocycles. The first kappa shape index (κ1) is 22.8. The number of likely N-dealkylation sites (N-methyl/N-ethyl adjacent to an activating group) is 1. The number of amides is 1. The second-order valence-electron chi connectivity index (χ2n) is 8.54. The second-order valence-corrected chi connectivity index (χ2v) is 9.46. The van der Waals surface area contributed by atoms with Crippen molar-refractivity contribution in [3.05, 3.63) is 51.7 Å². The maximum absolute atomic E-state index is 13.3. The lowest BCUT2D eigenvalue weighted by Gasteiger charge is -2.36. The second kappa shape index (κ2) is 10.9. The number of ether oxygens (including phenoxy) is 1. The Morgan fingerprint density at radius 1 is 1.23 bits per heavy atom. The predicted octanol–water partition coefficient (Wildman–Crippen LogP) is 3.98. The van der Waals surface area contributed by atoms with Gasteiger partial charge in [0.25, 0.3) is 5.91 Å². The molecule has 2 heterocycles. The average molecular weight is 430 g/mol. The van der Waals surface area contributed by atoms with Crippen LogP contribution in [0.4, 0.5) is 0 Å². The van der Waals surface area contributed by atoms with E-state index in [9.17, 15) is 4.79 Å². The van der Waals surface area contributed by atoms with Crippen LogP contribution in [0.3, 0.4) is 0 Å². The fraction of sp³-hybridized carbons (Fsp3) is 0.542. The number of rotatable bonds is 9. The number of carbonyl (C=O) groups excluding carboxylic acids is 1. The Morgan fingerprint density at radius 3 is 2.73 bits per heavy atom. The molecule has 1 amide bonds. The van der Waals surface area contributed by atoms with Gasteiger partial charge in [-0.3, -0.25) is 9.69 Å². The number of para-hydroxylation sites is 1. The van der Waals surface area contributed by atoms with E-state index in [4.69, 9.17) is 4.74 Å². The molecular formula is C24H35N3O2S. The van der Waals surface area contributed by atoms with Crippen LogP contribution < -0.4 is 4.74 Å². The van der Waals surface area contributed by atoms with Crippen molar-refractivity contribution in [1.29, 1.82) is 0 Å². The zero-order valence-electron chi connectivity index (χ0n) is 18.8. The number of nitrogens with zero attached hydrogens (tertiary/aromatic N) is 3. The standard InChI is InChI=1S/C24H35N3O2S/c1-19-11-15-30-23(19)24(28)27(14-13-25(2)3)17-20-8-7-12-26(16-20)18-21-9-5-6-10-22(21)29-4/h5-6,9-11,15,20H,7-8,12-14,16-18H2,1-4H3. The maximum atomic E-state index is 13.3. The lowest BCUT2D eigenvalue weighted by Crippen LogP contribution is -2.44. The van der Waals surface area contributed by atoms with Gasteiger partial charge in [-0.1, -0.05) is 18.2 Å². The van der Waals surface area contributed by atoms with E-state index in [1.54, 1.807) is 18.4 Å². The van der Waals surface area contributed by atoms with Gasteiger partial charge in [0.2, 0.25) is 0 Å². The Balaban J connectivity index is 1.66. The topological polar surface area (TPSA) is 36.0 Å². The first-order valence-electron chi connectivity index (χ1n) is 10.8. The van der Waals surface area contributed by atoms with Crippen molar-refractivity contribution in [3.63, 3.8) is 0 Å². The lowest BCUT2D eigenvalue weighted by molar-refractivity contribution is 0.0664. The van der Waals surface area contributed by atoms with E-state index in [0.29, 0.717) is 5.92 Å². The highest BCUT2D eigenvalue weighted by Crippen LogP contribution is 2.25. The molecule has 5 nitrogen and oxygen atoms in total. The molecule has 0 saturated carbocycles. The fourth-order valence-electron chi connectivity index (χ4n) is 4.16. The molecule has 1 saturated heterocycles. The van der Waals surface area contributed by atoms with Gasteiger partial charge in [0.05, 0.1) is 12.0 Å². The van der Waals surface area contributed by atoms with Crippen LogP contribution in [-0.4, -0.2) is 74.5 Å². The van der Waals surface area contributed by atoms with Crippen LogP contribution in [0.15, 0.2) is 35.7 Å². The van der Waals surface area contributed by atoms with Crippen LogP contribution in [0.1, 0.15) is 33.6 Å². The molecule has 1 aliphatic heterocycles. The van der Waals surface area contributed by atoms with Crippen molar-refractivity contribution < 1.29 is 9.53 Å². The SMILES string of the molecule is COc1ccccc1CN1CCCC(CN(CCN(C)C)C(=O)c2sccc2C)C1. The first-order valence-corrected chi connectivity index (χ1v) is 11.7. The summed E-state index contributed by atoms with van der Waals surface area (Å²) in [7, 11) is 5.86. The average Bonchev–Trinajstić information content (AvgIpc) is 3.17. The number of hydrogen-bond donors (Lipinski definition) is 0. The van der Waals surface area contributed by atoms with E-state index < -0.39 is 0 Å². The van der Waals surface area contributed by atoms with Crippen LogP contribution in [0, 0.1) is 12.8 Å². The summed E-state index contributed by atoms with van der Waals surface area (Å²) >= 11 is 1.56. The smallest absolute Gasteiger partial charge is 0.264 e. The molecule has 1 fully saturated rings. The van der Waals surface area contributed by atoms with Crippen molar-refractivity contribution in [2.75, 3.05) is 53.9 Å². The molecule has 1 aliphatic rings. The molecule has 2 aromatic rings. The summed E-state index contributed by atoms with van der Waals surface area (Å²) in [5.74, 6) is 1.64. The van der Waals surface area contributed by atoms with Crippen LogP contribution >= 0.6 is 11.3 Å². The van der Waals surface area contributed by atoms with Crippen molar-refractivity contribution in [2.45, 2.75) is 26.3 Å². The van der Waals surface area contributed by atoms with E-state index in [1.807, 2.05) is 30.5 Å². The summed E-state index contributed by atoms with van der Waals surface area (Å²) in [5.41, 5.74) is 2.32. The highest BCUT2D eigenvalue weighted by Gasteiger charge is 2.26. The van der Waals surface area contributed by atoms with Gasteiger partial charge in [-0.15, -0.1) is 11.3 Å². The number of methoxy groups -OCH3 is 1. The van der Waals surface area contributed by atoms with Gasteiger partial charge in [-0.25, -0.2) is 0 Å². The van der Waals surface area contributed by atoms with E-state index in [-0.39, 0.29) is 5.91 Å². The molecule has 0 radical (unpaired) electrons. The van der Waals surface area contributed by atoms with Crippen LogP contribution in [-0.2, 0) is 6.54 Å². The number of benzene rings is 1. The minimum atomic E-state index is 0.186. The Labute approximate surface area is 185 Å². The molecule has 1 aromatic carbocycles. The molecule has 30 heavy (non-hydrogen) atoms. The van der Waals surface area contributed by atoms with Gasteiger partial charge in [0.15, 0.2) is 0 Å². The normalized spacial score (nSPS) is 17.3. The van der Waals surface area contributed by atoms with Crippen LogP contribution in [0.25, 0.3) is 0 Å². The molecule has 1 aromatic heterocycles. The highest BCUT2D eigenvalue weighted by atomic mass is 32.1. The molecule has 1 atom stereocenters. The minimum Gasteiger partial charge on any atom is -0.496 e. The van der Waals surface area contributed by atoms with Gasteiger partial charge in [-0.2, -0.15) is 0 Å². The monoisotopic (exact) mass is 429 g/mol. The first-order chi connectivity index (χ1) is 14.5. The number of hydrogen-bond acceptors (Lipinski definition) is 5. The van der Waals surface area contributed by atoms with Crippen LogP contribution in [0.5, 0.6) is 5.75 Å². The molecule has 0 spiro atoms. The number of likely N-dealkylation sites (tertiary alicyclic amines) is 1. The summed E-state index contributed by atoms with van der Waals surface area (Å²) < 4.78 is 5.53. The highest BCUT2D eigenvalue weighted by molar-refractivity contribution is 7.12. The van der Waals surface area contributed by atoms with Crippen molar-refractivity contribution in [2.24, 2.45) is 5.92 Å². The van der Waals surface area contributed by atoms with E-state index in [0.717, 1.165) is 55.5 Å². The summed E-state index contributed by atoms with van der Waals surface area (Å²) in [6.07, 6.45) is 2.35. The Morgan fingerprint density at radius 2 is 2.03 bits per heavy atom. The van der Waals surface area contributed by atoms with Gasteiger partial charge in [-0.05, 0) is 69.4 Å². The van der Waals surface area contributed by atoms with Crippen molar-refractivity contribution in [3.8, 4) is 5.75 Å². The predicted molar refractivity (Wildman–Crippen MR) is 125 cm³/mol. The molecule has 6 heteroatoms.